The minimum Gasteiger partial charge on any atom is -0.495 e. The molecule has 2 amide bonds. The van der Waals surface area contributed by atoms with E-state index < -0.39 is 52.3 Å². The number of nitrogens with zero attached hydrogens (tertiary/aromatic N) is 1. The van der Waals surface area contributed by atoms with Crippen molar-refractivity contribution in [2.24, 2.45) is 11.3 Å². The van der Waals surface area contributed by atoms with E-state index in [9.17, 15) is 35.9 Å². The maximum Gasteiger partial charge on any atom is 0.416 e. The summed E-state index contributed by atoms with van der Waals surface area (Å²) >= 11 is 0. The quantitative estimate of drug-likeness (QED) is 0.506. The van der Waals surface area contributed by atoms with E-state index in [1.54, 1.807) is 39.0 Å². The van der Waals surface area contributed by atoms with E-state index >= 15 is 0 Å². The van der Waals surface area contributed by atoms with Crippen LogP contribution in [0.15, 0.2) is 36.4 Å². The van der Waals surface area contributed by atoms with Gasteiger partial charge in [-0.25, -0.2) is 0 Å². The Balaban J connectivity index is 2.01. The maximum absolute atomic E-state index is 13.4. The number of para-hydroxylation sites is 1. The average molecular weight is 502 g/mol. The number of hydrogen-bond donors (Lipinski definition) is 1. The lowest BCUT2D eigenvalue weighted by Gasteiger charge is -2.32. The van der Waals surface area contributed by atoms with E-state index in [0.717, 1.165) is 0 Å². The van der Waals surface area contributed by atoms with Gasteiger partial charge >= 0.3 is 12.4 Å². The highest BCUT2D eigenvalue weighted by atomic mass is 19.4. The molecule has 0 aliphatic carbocycles. The Hall–Kier alpha value is -3.24. The molecule has 2 aromatic carbocycles. The fourth-order valence-corrected chi connectivity index (χ4v) is 4.22. The van der Waals surface area contributed by atoms with Crippen LogP contribution in [0.1, 0.15) is 37.0 Å². The van der Waals surface area contributed by atoms with Gasteiger partial charge in [0.2, 0.25) is 11.8 Å². The summed E-state index contributed by atoms with van der Waals surface area (Å²) in [6.07, 6.45) is -10.4. The Labute approximate surface area is 198 Å². The third-order valence-electron chi connectivity index (χ3n) is 6.30. The summed E-state index contributed by atoms with van der Waals surface area (Å²) in [6, 6.07) is 6.00. The van der Waals surface area contributed by atoms with E-state index in [2.05, 4.69) is 5.32 Å². The number of anilines is 2. The topological polar surface area (TPSA) is 58.6 Å². The van der Waals surface area contributed by atoms with E-state index in [4.69, 9.17) is 4.74 Å². The SMILES string of the molecule is COc1cccc(C)c1N1CC(C(=O)Nc2cc(C(F)(F)F)cc(C(F)(F)F)c2)(C(C)C)CC1=O. The Morgan fingerprint density at radius 1 is 1.06 bits per heavy atom. The zero-order valence-corrected chi connectivity index (χ0v) is 19.4. The fraction of sp³-hybridized carbons (Fsp3) is 0.417. The molecule has 0 saturated carbocycles. The highest BCUT2D eigenvalue weighted by Crippen LogP contribution is 2.45. The van der Waals surface area contributed by atoms with Gasteiger partial charge in [-0.05, 0) is 42.7 Å². The van der Waals surface area contributed by atoms with Crippen molar-refractivity contribution in [1.29, 1.82) is 0 Å². The second-order valence-electron chi connectivity index (χ2n) is 8.84. The number of ether oxygens (including phenoxy) is 1. The second kappa shape index (κ2) is 9.09. The second-order valence-corrected chi connectivity index (χ2v) is 8.84. The van der Waals surface area contributed by atoms with E-state index in [-0.39, 0.29) is 19.0 Å². The van der Waals surface area contributed by atoms with Crippen molar-refractivity contribution >= 4 is 23.2 Å². The summed E-state index contributed by atoms with van der Waals surface area (Å²) in [6.45, 7) is 4.96. The fourth-order valence-electron chi connectivity index (χ4n) is 4.22. The molecule has 1 aliphatic rings. The Morgan fingerprint density at radius 2 is 1.63 bits per heavy atom. The van der Waals surface area contributed by atoms with Gasteiger partial charge in [-0.2, -0.15) is 26.3 Å². The Morgan fingerprint density at radius 3 is 2.11 bits per heavy atom. The molecule has 190 valence electrons. The number of nitrogens with one attached hydrogen (secondary N) is 1. The minimum atomic E-state index is -5.06. The van der Waals surface area contributed by atoms with E-state index in [1.165, 1.54) is 12.0 Å². The third kappa shape index (κ3) is 5.08. The van der Waals surface area contributed by atoms with Gasteiger partial charge in [-0.1, -0.05) is 26.0 Å². The number of hydrogen-bond acceptors (Lipinski definition) is 3. The number of rotatable bonds is 5. The molecule has 1 saturated heterocycles. The predicted molar refractivity (Wildman–Crippen MR) is 117 cm³/mol. The molecule has 1 fully saturated rings. The first-order valence-electron chi connectivity index (χ1n) is 10.6. The van der Waals surface area contributed by atoms with Crippen molar-refractivity contribution in [1.82, 2.24) is 0 Å². The van der Waals surface area contributed by atoms with Crippen LogP contribution in [0, 0.1) is 18.3 Å². The number of aryl methyl sites for hydroxylation is 1. The van der Waals surface area contributed by atoms with Crippen molar-refractivity contribution in [2.45, 2.75) is 39.5 Å². The maximum atomic E-state index is 13.4. The number of benzene rings is 2. The molecule has 2 aromatic rings. The summed E-state index contributed by atoms with van der Waals surface area (Å²) in [5, 5.41) is 2.22. The molecular weight excluding hydrogens is 478 g/mol. The van der Waals surface area contributed by atoms with Crippen molar-refractivity contribution in [3.63, 3.8) is 0 Å². The number of carbonyl (C=O) groups is 2. The molecule has 1 atom stereocenters. The standard InChI is InChI=1S/C24H24F6N2O3/c1-13(2)22(11-19(33)32(12-22)20-14(3)6-5-7-18(20)35-4)21(34)31-17-9-15(23(25,26)27)8-16(10-17)24(28,29)30/h5-10,13H,11-12H2,1-4H3,(H,31,34). The first kappa shape index (κ1) is 26.4. The summed E-state index contributed by atoms with van der Waals surface area (Å²) in [5.41, 5.74) is -4.00. The van der Waals surface area contributed by atoms with Gasteiger partial charge in [0.1, 0.15) is 5.75 Å². The molecule has 1 aliphatic heterocycles. The number of methoxy groups -OCH3 is 1. The Bertz CT molecular complexity index is 1110. The monoisotopic (exact) mass is 502 g/mol. The molecule has 5 nitrogen and oxygen atoms in total. The van der Waals surface area contributed by atoms with Gasteiger partial charge in [-0.15, -0.1) is 0 Å². The third-order valence-corrected chi connectivity index (χ3v) is 6.30. The van der Waals surface area contributed by atoms with Crippen molar-refractivity contribution in [3.05, 3.63) is 53.1 Å². The average Bonchev–Trinajstić information content (AvgIpc) is 3.10. The number of halogens is 6. The lowest BCUT2D eigenvalue weighted by atomic mass is 9.75. The smallest absolute Gasteiger partial charge is 0.416 e. The summed E-state index contributed by atoms with van der Waals surface area (Å²) in [7, 11) is 1.42. The van der Waals surface area contributed by atoms with Crippen molar-refractivity contribution in [2.75, 3.05) is 23.9 Å². The van der Waals surface area contributed by atoms with Crippen LogP contribution < -0.4 is 15.0 Å². The predicted octanol–water partition coefficient (Wildman–Crippen LogP) is 6.06. The summed E-state index contributed by atoms with van der Waals surface area (Å²) in [4.78, 5) is 27.8. The summed E-state index contributed by atoms with van der Waals surface area (Å²) in [5.74, 6) is -1.34. The lowest BCUT2D eigenvalue weighted by Crippen LogP contribution is -2.43. The normalized spacial score (nSPS) is 18.8. The zero-order valence-electron chi connectivity index (χ0n) is 19.4. The van der Waals surface area contributed by atoms with Gasteiger partial charge in [-0.3, -0.25) is 9.59 Å². The number of carbonyl (C=O) groups excluding carboxylic acids is 2. The van der Waals surface area contributed by atoms with Crippen LogP contribution in [0.4, 0.5) is 37.7 Å². The first-order valence-corrected chi connectivity index (χ1v) is 10.6. The van der Waals surface area contributed by atoms with Crippen LogP contribution in [0.5, 0.6) is 5.75 Å². The van der Waals surface area contributed by atoms with Gasteiger partial charge in [0.15, 0.2) is 0 Å². The molecule has 35 heavy (non-hydrogen) atoms. The molecule has 11 heteroatoms. The molecule has 1 heterocycles. The van der Waals surface area contributed by atoms with Gasteiger partial charge in [0, 0.05) is 18.7 Å². The molecule has 0 aromatic heterocycles. The minimum absolute atomic E-state index is 0.0147. The first-order chi connectivity index (χ1) is 16.1. The van der Waals surface area contributed by atoms with Crippen molar-refractivity contribution < 1.29 is 40.7 Å². The van der Waals surface area contributed by atoms with Gasteiger partial charge in [0.05, 0.1) is 29.3 Å². The molecular formula is C24H24F6N2O3. The van der Waals surface area contributed by atoms with Crippen molar-refractivity contribution in [3.8, 4) is 5.75 Å². The van der Waals surface area contributed by atoms with Crippen LogP contribution in [-0.4, -0.2) is 25.5 Å². The molecule has 0 spiro atoms. The van der Waals surface area contributed by atoms with E-state index in [1.807, 2.05) is 0 Å². The highest BCUT2D eigenvalue weighted by Gasteiger charge is 2.52. The molecule has 1 N–H and O–H groups in total. The molecule has 3 rings (SSSR count). The van der Waals surface area contributed by atoms with Crippen LogP contribution >= 0.6 is 0 Å². The van der Waals surface area contributed by atoms with Crippen LogP contribution in [0.2, 0.25) is 0 Å². The van der Waals surface area contributed by atoms with Crippen LogP contribution in [0.3, 0.4) is 0 Å². The molecule has 0 radical (unpaired) electrons. The zero-order chi connectivity index (χ0) is 26.3. The Kier molecular flexibility index (Phi) is 6.84. The molecule has 1 unspecified atom stereocenters. The van der Waals surface area contributed by atoms with E-state index in [0.29, 0.717) is 29.1 Å². The largest absolute Gasteiger partial charge is 0.495 e. The lowest BCUT2D eigenvalue weighted by molar-refractivity contribution is -0.143. The molecule has 0 bridgehead atoms. The summed E-state index contributed by atoms with van der Waals surface area (Å²) < 4.78 is 84.8. The van der Waals surface area contributed by atoms with Gasteiger partial charge in [0.25, 0.3) is 0 Å². The van der Waals surface area contributed by atoms with Crippen LogP contribution in [0.25, 0.3) is 0 Å². The van der Waals surface area contributed by atoms with Crippen LogP contribution in [-0.2, 0) is 21.9 Å². The highest BCUT2D eigenvalue weighted by molar-refractivity contribution is 6.07. The van der Waals surface area contributed by atoms with Gasteiger partial charge < -0.3 is 15.0 Å². The number of alkyl halides is 6. The number of amides is 2.